The van der Waals surface area contributed by atoms with Crippen LogP contribution >= 0.6 is 11.8 Å². The summed E-state index contributed by atoms with van der Waals surface area (Å²) < 4.78 is 10.0. The predicted molar refractivity (Wildman–Crippen MR) is 80.1 cm³/mol. The molecule has 2 heterocycles. The van der Waals surface area contributed by atoms with Crippen LogP contribution in [0.5, 0.6) is 0 Å². The lowest BCUT2D eigenvalue weighted by Crippen LogP contribution is -2.02. The van der Waals surface area contributed by atoms with Crippen molar-refractivity contribution in [3.63, 3.8) is 0 Å². The number of aromatic nitrogens is 2. The van der Waals surface area contributed by atoms with Crippen LogP contribution in [0.15, 0.2) is 40.1 Å². The smallest absolute Gasteiger partial charge is 0.341 e. The molecule has 21 heavy (non-hydrogen) atoms. The van der Waals surface area contributed by atoms with Crippen LogP contribution in [0.2, 0.25) is 0 Å². The first kappa shape index (κ1) is 13.6. The molecule has 3 N–H and O–H groups in total. The number of ether oxygens (including phenoxy) is 1. The number of methoxy groups -OCH3 is 1. The van der Waals surface area contributed by atoms with E-state index in [1.165, 1.54) is 25.1 Å². The number of anilines is 1. The molecule has 0 aliphatic carbocycles. The lowest BCUT2D eigenvalue weighted by atomic mass is 10.3. The Morgan fingerprint density at radius 1 is 1.48 bits per heavy atom. The summed E-state index contributed by atoms with van der Waals surface area (Å²) >= 11 is 1.44. The van der Waals surface area contributed by atoms with Crippen LogP contribution in [0, 0.1) is 0 Å². The van der Waals surface area contributed by atoms with Crippen molar-refractivity contribution < 1.29 is 13.9 Å². The van der Waals surface area contributed by atoms with Crippen molar-refractivity contribution in [1.82, 2.24) is 9.97 Å². The van der Waals surface area contributed by atoms with E-state index < -0.39 is 5.97 Å². The van der Waals surface area contributed by atoms with Crippen molar-refractivity contribution in [2.24, 2.45) is 0 Å². The van der Waals surface area contributed by atoms with Gasteiger partial charge in [-0.15, -0.1) is 0 Å². The van der Waals surface area contributed by atoms with Gasteiger partial charge < -0.3 is 19.9 Å². The fraction of sp³-hybridized carbons (Fsp3) is 0.143. The summed E-state index contributed by atoms with van der Waals surface area (Å²) in [6.45, 7) is 0. The normalized spacial score (nSPS) is 10.9. The molecule has 0 radical (unpaired) electrons. The number of nitrogens with zero attached hydrogens (tertiary/aromatic N) is 1. The average molecular weight is 303 g/mol. The van der Waals surface area contributed by atoms with Gasteiger partial charge in [-0.25, -0.2) is 9.78 Å². The summed E-state index contributed by atoms with van der Waals surface area (Å²) in [5.41, 5.74) is 8.58. The molecule has 0 bridgehead atoms. The molecule has 0 unspecified atom stereocenters. The molecular weight excluding hydrogens is 290 g/mol. The molecule has 7 heteroatoms. The van der Waals surface area contributed by atoms with E-state index in [4.69, 9.17) is 14.9 Å². The number of carbonyl (C=O) groups excluding carboxylic acids is 1. The first-order valence-electron chi connectivity index (χ1n) is 6.20. The number of rotatable bonds is 4. The number of imidazole rings is 1. The highest BCUT2D eigenvalue weighted by molar-refractivity contribution is 7.98. The number of benzene rings is 1. The highest BCUT2D eigenvalue weighted by Crippen LogP contribution is 2.26. The summed E-state index contributed by atoms with van der Waals surface area (Å²) in [6, 6.07) is 7.09. The van der Waals surface area contributed by atoms with Gasteiger partial charge in [-0.2, -0.15) is 0 Å². The van der Waals surface area contributed by atoms with E-state index in [0.29, 0.717) is 22.8 Å². The summed E-state index contributed by atoms with van der Waals surface area (Å²) in [5.74, 6) is 0.635. The molecule has 108 valence electrons. The zero-order valence-electron chi connectivity index (χ0n) is 11.3. The number of nitrogens with two attached hydrogens (primary N) is 1. The Morgan fingerprint density at radius 3 is 3.14 bits per heavy atom. The fourth-order valence-electron chi connectivity index (χ4n) is 1.95. The molecule has 3 aromatic rings. The molecule has 0 aliphatic rings. The number of hydrogen-bond donors (Lipinski definition) is 2. The first-order chi connectivity index (χ1) is 10.2. The molecular formula is C14H13N3O3S. The number of esters is 1. The second-order valence-corrected chi connectivity index (χ2v) is 5.32. The molecule has 6 nitrogen and oxygen atoms in total. The van der Waals surface area contributed by atoms with Crippen molar-refractivity contribution in [3.05, 3.63) is 41.9 Å². The molecule has 2 aromatic heterocycles. The Kier molecular flexibility index (Phi) is 3.57. The van der Waals surface area contributed by atoms with Gasteiger partial charge in [0.15, 0.2) is 5.16 Å². The number of aromatic amines is 1. The Bertz CT molecular complexity index is 794. The van der Waals surface area contributed by atoms with E-state index in [-0.39, 0.29) is 0 Å². The third-order valence-electron chi connectivity index (χ3n) is 2.97. The SMILES string of the molecule is COC(=O)c1ccoc1CSc1nc2ccc(N)cc2[nH]1. The van der Waals surface area contributed by atoms with Crippen LogP contribution in [-0.2, 0) is 10.5 Å². The highest BCUT2D eigenvalue weighted by atomic mass is 32.2. The van der Waals surface area contributed by atoms with Crippen LogP contribution in [0.1, 0.15) is 16.1 Å². The molecule has 0 aliphatic heterocycles. The highest BCUT2D eigenvalue weighted by Gasteiger charge is 2.15. The maximum atomic E-state index is 11.6. The van der Waals surface area contributed by atoms with Crippen molar-refractivity contribution in [2.45, 2.75) is 10.9 Å². The lowest BCUT2D eigenvalue weighted by Gasteiger charge is -1.99. The minimum absolute atomic E-state index is 0.406. The van der Waals surface area contributed by atoms with Gasteiger partial charge in [0.25, 0.3) is 0 Å². The van der Waals surface area contributed by atoms with Gasteiger partial charge in [0.2, 0.25) is 0 Å². The van der Waals surface area contributed by atoms with Gasteiger partial charge in [-0.1, -0.05) is 11.8 Å². The maximum Gasteiger partial charge on any atom is 0.341 e. The molecule has 0 atom stereocenters. The van der Waals surface area contributed by atoms with Crippen LogP contribution in [-0.4, -0.2) is 23.0 Å². The van der Waals surface area contributed by atoms with Gasteiger partial charge in [0.05, 0.1) is 30.2 Å². The van der Waals surface area contributed by atoms with Crippen molar-refractivity contribution in [1.29, 1.82) is 0 Å². The zero-order chi connectivity index (χ0) is 14.8. The Balaban J connectivity index is 1.77. The number of carbonyl (C=O) groups is 1. The second-order valence-electron chi connectivity index (χ2n) is 4.36. The van der Waals surface area contributed by atoms with E-state index >= 15 is 0 Å². The van der Waals surface area contributed by atoms with Crippen molar-refractivity contribution >= 4 is 34.5 Å². The maximum absolute atomic E-state index is 11.6. The first-order valence-corrected chi connectivity index (χ1v) is 7.18. The number of furan rings is 1. The largest absolute Gasteiger partial charge is 0.468 e. The molecule has 0 saturated heterocycles. The summed E-state index contributed by atoms with van der Waals surface area (Å²) in [5, 5.41) is 0.739. The van der Waals surface area contributed by atoms with Gasteiger partial charge >= 0.3 is 5.97 Å². The number of thioether (sulfide) groups is 1. The number of fused-ring (bicyclic) bond motifs is 1. The minimum Gasteiger partial charge on any atom is -0.468 e. The number of H-pyrrole nitrogens is 1. The summed E-state index contributed by atoms with van der Waals surface area (Å²) in [6.07, 6.45) is 1.47. The molecule has 0 fully saturated rings. The Morgan fingerprint density at radius 2 is 2.33 bits per heavy atom. The van der Waals surface area contributed by atoms with E-state index in [2.05, 4.69) is 9.97 Å². The van der Waals surface area contributed by atoms with Crippen LogP contribution in [0.25, 0.3) is 11.0 Å². The number of hydrogen-bond acceptors (Lipinski definition) is 6. The second kappa shape index (κ2) is 5.53. The number of nitrogens with one attached hydrogen (secondary N) is 1. The summed E-state index contributed by atoms with van der Waals surface area (Å²) in [4.78, 5) is 19.2. The van der Waals surface area contributed by atoms with E-state index in [9.17, 15) is 4.79 Å². The van der Waals surface area contributed by atoms with Gasteiger partial charge in [-0.3, -0.25) is 0 Å². The van der Waals surface area contributed by atoms with Gasteiger partial charge in [-0.05, 0) is 24.3 Å². The van der Waals surface area contributed by atoms with Crippen LogP contribution in [0.3, 0.4) is 0 Å². The average Bonchev–Trinajstić information content (AvgIpc) is 3.09. The third kappa shape index (κ3) is 2.73. The molecule has 0 amide bonds. The predicted octanol–water partition coefficient (Wildman–Crippen LogP) is 2.82. The fourth-order valence-corrected chi connectivity index (χ4v) is 2.79. The number of nitrogen functional groups attached to an aromatic ring is 1. The summed E-state index contributed by atoms with van der Waals surface area (Å²) in [7, 11) is 1.34. The zero-order valence-corrected chi connectivity index (χ0v) is 12.1. The monoisotopic (exact) mass is 303 g/mol. The van der Waals surface area contributed by atoms with E-state index in [1.54, 1.807) is 12.1 Å². The minimum atomic E-state index is -0.406. The van der Waals surface area contributed by atoms with Crippen molar-refractivity contribution in [2.75, 3.05) is 12.8 Å². The van der Waals surface area contributed by atoms with Gasteiger partial charge in [0.1, 0.15) is 11.3 Å². The lowest BCUT2D eigenvalue weighted by molar-refractivity contribution is 0.0598. The topological polar surface area (TPSA) is 94.1 Å². The molecule has 0 saturated carbocycles. The van der Waals surface area contributed by atoms with Crippen LogP contribution in [0.4, 0.5) is 5.69 Å². The molecule has 3 rings (SSSR count). The van der Waals surface area contributed by atoms with Crippen molar-refractivity contribution in [3.8, 4) is 0 Å². The van der Waals surface area contributed by atoms with Crippen LogP contribution < -0.4 is 5.73 Å². The molecule has 0 spiro atoms. The Hall–Kier alpha value is -2.41. The Labute approximate surface area is 124 Å². The van der Waals surface area contributed by atoms with E-state index in [0.717, 1.165) is 16.2 Å². The third-order valence-corrected chi connectivity index (χ3v) is 3.85. The molecule has 1 aromatic carbocycles. The quantitative estimate of drug-likeness (QED) is 0.437. The van der Waals surface area contributed by atoms with Gasteiger partial charge in [0, 0.05) is 5.69 Å². The standard InChI is InChI=1S/C14H13N3O3S/c1-19-13(18)9-4-5-20-12(9)7-21-14-16-10-3-2-8(15)6-11(10)17-14/h2-6H,7,15H2,1H3,(H,16,17). The van der Waals surface area contributed by atoms with E-state index in [1.807, 2.05) is 12.1 Å².